The number of hydrogen-bond donors (Lipinski definition) is 2. The Morgan fingerprint density at radius 2 is 1.96 bits per heavy atom. The van der Waals surface area contributed by atoms with Gasteiger partial charge in [-0.15, -0.1) is 0 Å². The molecule has 132 valence electrons. The number of methoxy groups -OCH3 is 1. The number of hydrogen-bond acceptors (Lipinski definition) is 7. The van der Waals surface area contributed by atoms with Crippen molar-refractivity contribution in [1.82, 2.24) is 15.0 Å². The number of pyridine rings is 1. The highest BCUT2D eigenvalue weighted by Crippen LogP contribution is 2.17. The van der Waals surface area contributed by atoms with E-state index < -0.39 is 0 Å². The topological polar surface area (TPSA) is 89.0 Å². The molecule has 0 bridgehead atoms. The lowest BCUT2D eigenvalue weighted by atomic mass is 10.2. The Morgan fingerprint density at radius 1 is 1.15 bits per heavy atom. The minimum atomic E-state index is -0.370. The number of nitrogens with zero attached hydrogens (tertiary/aromatic N) is 3. The summed E-state index contributed by atoms with van der Waals surface area (Å²) in [5, 5.41) is 6.41. The van der Waals surface area contributed by atoms with E-state index in [9.17, 15) is 4.79 Å². The fraction of sp³-hybridized carbons (Fsp3) is 0.158. The van der Waals surface area contributed by atoms with E-state index >= 15 is 0 Å². The third-order valence-corrected chi connectivity index (χ3v) is 3.61. The summed E-state index contributed by atoms with van der Waals surface area (Å²) in [4.78, 5) is 24.4. The second kappa shape index (κ2) is 8.06. The summed E-state index contributed by atoms with van der Waals surface area (Å²) >= 11 is 0. The Kier molecular flexibility index (Phi) is 5.38. The Labute approximate surface area is 151 Å². The highest BCUT2D eigenvalue weighted by atomic mass is 16.5. The van der Waals surface area contributed by atoms with Crippen LogP contribution in [-0.2, 0) is 11.3 Å². The van der Waals surface area contributed by atoms with E-state index in [2.05, 4.69) is 25.6 Å². The average Bonchev–Trinajstić information content (AvgIpc) is 2.67. The van der Waals surface area contributed by atoms with Gasteiger partial charge in [-0.05, 0) is 42.8 Å². The number of aryl methyl sites for hydroxylation is 1. The fourth-order valence-corrected chi connectivity index (χ4v) is 2.35. The van der Waals surface area contributed by atoms with E-state index in [0.717, 1.165) is 22.8 Å². The molecule has 7 heteroatoms. The molecule has 0 unspecified atom stereocenters. The van der Waals surface area contributed by atoms with Crippen molar-refractivity contribution < 1.29 is 9.53 Å². The fourth-order valence-electron chi connectivity index (χ4n) is 2.35. The van der Waals surface area contributed by atoms with Crippen LogP contribution in [-0.4, -0.2) is 28.0 Å². The van der Waals surface area contributed by atoms with Gasteiger partial charge in [-0.2, -0.15) is 4.98 Å². The molecule has 3 rings (SSSR count). The second-order valence-electron chi connectivity index (χ2n) is 5.63. The van der Waals surface area contributed by atoms with Crippen molar-refractivity contribution in [3.05, 3.63) is 71.7 Å². The lowest BCUT2D eigenvalue weighted by Crippen LogP contribution is -2.06. The highest BCUT2D eigenvalue weighted by Gasteiger charge is 2.06. The maximum atomic E-state index is 11.5. The molecule has 0 amide bonds. The van der Waals surface area contributed by atoms with E-state index in [1.807, 2.05) is 31.3 Å². The third-order valence-electron chi connectivity index (χ3n) is 3.61. The van der Waals surface area contributed by atoms with Gasteiger partial charge in [0.05, 0.1) is 12.7 Å². The first kappa shape index (κ1) is 17.3. The van der Waals surface area contributed by atoms with Crippen LogP contribution < -0.4 is 10.6 Å². The van der Waals surface area contributed by atoms with Crippen molar-refractivity contribution in [1.29, 1.82) is 0 Å². The van der Waals surface area contributed by atoms with Crippen LogP contribution in [0.5, 0.6) is 0 Å². The molecule has 2 heterocycles. The van der Waals surface area contributed by atoms with Crippen LogP contribution in [0.2, 0.25) is 0 Å². The predicted molar refractivity (Wildman–Crippen MR) is 99.4 cm³/mol. The molecule has 2 N–H and O–H groups in total. The number of nitrogens with one attached hydrogen (secondary N) is 2. The van der Waals surface area contributed by atoms with Gasteiger partial charge in [-0.25, -0.2) is 9.78 Å². The first-order valence-electron chi connectivity index (χ1n) is 8.08. The Bertz CT molecular complexity index is 882. The van der Waals surface area contributed by atoms with Crippen molar-refractivity contribution >= 4 is 23.4 Å². The number of benzene rings is 1. The zero-order chi connectivity index (χ0) is 18.4. The summed E-state index contributed by atoms with van der Waals surface area (Å²) in [5.41, 5.74) is 3.17. The van der Waals surface area contributed by atoms with E-state index in [0.29, 0.717) is 18.1 Å². The highest BCUT2D eigenvalue weighted by molar-refractivity contribution is 5.89. The minimum Gasteiger partial charge on any atom is -0.465 e. The Balaban J connectivity index is 1.70. The summed E-state index contributed by atoms with van der Waals surface area (Å²) < 4.78 is 4.69. The maximum absolute atomic E-state index is 11.5. The zero-order valence-electron chi connectivity index (χ0n) is 14.6. The number of ether oxygens (including phenoxy) is 1. The van der Waals surface area contributed by atoms with Gasteiger partial charge in [-0.1, -0.05) is 6.07 Å². The molecule has 0 aliphatic carbocycles. The summed E-state index contributed by atoms with van der Waals surface area (Å²) in [6, 6.07) is 12.7. The van der Waals surface area contributed by atoms with Gasteiger partial charge in [0.1, 0.15) is 5.82 Å². The van der Waals surface area contributed by atoms with Crippen molar-refractivity contribution in [3.63, 3.8) is 0 Å². The molecule has 1 aromatic carbocycles. The summed E-state index contributed by atoms with van der Waals surface area (Å²) in [7, 11) is 1.36. The lowest BCUT2D eigenvalue weighted by molar-refractivity contribution is 0.0601. The smallest absolute Gasteiger partial charge is 0.337 e. The molecule has 0 spiro atoms. The number of rotatable bonds is 6. The molecule has 0 saturated heterocycles. The number of carbonyl (C=O) groups is 1. The molecular weight excluding hydrogens is 330 g/mol. The second-order valence-corrected chi connectivity index (χ2v) is 5.63. The van der Waals surface area contributed by atoms with E-state index in [1.165, 1.54) is 7.11 Å². The SMILES string of the molecule is COC(=O)c1ccc(Nc2nc(C)cc(NCc3cccnc3)n2)cc1. The van der Waals surface area contributed by atoms with Gasteiger partial charge in [0.2, 0.25) is 5.95 Å². The molecule has 26 heavy (non-hydrogen) atoms. The van der Waals surface area contributed by atoms with Crippen LogP contribution in [0.4, 0.5) is 17.5 Å². The van der Waals surface area contributed by atoms with Crippen LogP contribution in [0.1, 0.15) is 21.6 Å². The molecule has 0 saturated carbocycles. The molecule has 3 aromatic rings. The van der Waals surface area contributed by atoms with Gasteiger partial charge in [0.15, 0.2) is 0 Å². The zero-order valence-corrected chi connectivity index (χ0v) is 14.6. The maximum Gasteiger partial charge on any atom is 0.337 e. The van der Waals surface area contributed by atoms with Crippen molar-refractivity contribution in [2.45, 2.75) is 13.5 Å². The minimum absolute atomic E-state index is 0.370. The van der Waals surface area contributed by atoms with E-state index in [4.69, 9.17) is 4.74 Å². The van der Waals surface area contributed by atoms with Gasteiger partial charge in [0, 0.05) is 36.4 Å². The largest absolute Gasteiger partial charge is 0.465 e. The standard InChI is InChI=1S/C19H19N5O2/c1-13-10-17(21-12-14-4-3-9-20-11-14)24-19(22-13)23-16-7-5-15(6-8-16)18(25)26-2/h3-11H,12H2,1-2H3,(H2,21,22,23,24). The van der Waals surface area contributed by atoms with Crippen molar-refractivity contribution in [3.8, 4) is 0 Å². The van der Waals surface area contributed by atoms with Crippen LogP contribution >= 0.6 is 0 Å². The number of anilines is 3. The van der Waals surface area contributed by atoms with Crippen LogP contribution in [0.15, 0.2) is 54.9 Å². The van der Waals surface area contributed by atoms with Crippen LogP contribution in [0, 0.1) is 6.92 Å². The first-order valence-corrected chi connectivity index (χ1v) is 8.08. The molecule has 0 aliphatic heterocycles. The van der Waals surface area contributed by atoms with Crippen molar-refractivity contribution in [2.75, 3.05) is 17.7 Å². The van der Waals surface area contributed by atoms with E-state index in [-0.39, 0.29) is 5.97 Å². The Hall–Kier alpha value is -3.48. The van der Waals surface area contributed by atoms with Crippen LogP contribution in [0.25, 0.3) is 0 Å². The molecular formula is C19H19N5O2. The predicted octanol–water partition coefficient (Wildman–Crippen LogP) is 3.32. The van der Waals surface area contributed by atoms with E-state index in [1.54, 1.807) is 30.5 Å². The number of esters is 1. The molecule has 2 aromatic heterocycles. The molecule has 0 atom stereocenters. The monoisotopic (exact) mass is 349 g/mol. The van der Waals surface area contributed by atoms with Crippen LogP contribution in [0.3, 0.4) is 0 Å². The van der Waals surface area contributed by atoms with Gasteiger partial charge >= 0.3 is 5.97 Å². The number of carbonyl (C=O) groups excluding carboxylic acids is 1. The van der Waals surface area contributed by atoms with Gasteiger partial charge in [-0.3, -0.25) is 4.98 Å². The third kappa shape index (κ3) is 4.54. The first-order chi connectivity index (χ1) is 12.6. The van der Waals surface area contributed by atoms with Crippen molar-refractivity contribution in [2.24, 2.45) is 0 Å². The number of aromatic nitrogens is 3. The summed E-state index contributed by atoms with van der Waals surface area (Å²) in [5.74, 6) is 0.824. The summed E-state index contributed by atoms with van der Waals surface area (Å²) in [6.07, 6.45) is 3.55. The Morgan fingerprint density at radius 3 is 2.65 bits per heavy atom. The average molecular weight is 349 g/mol. The molecule has 0 aliphatic rings. The lowest BCUT2D eigenvalue weighted by Gasteiger charge is -2.10. The quantitative estimate of drug-likeness (QED) is 0.660. The van der Waals surface area contributed by atoms with Gasteiger partial charge < -0.3 is 15.4 Å². The molecule has 0 radical (unpaired) electrons. The molecule has 7 nitrogen and oxygen atoms in total. The normalized spacial score (nSPS) is 10.2. The van der Waals surface area contributed by atoms with Gasteiger partial charge in [0.25, 0.3) is 0 Å². The molecule has 0 fully saturated rings. The summed E-state index contributed by atoms with van der Waals surface area (Å²) in [6.45, 7) is 2.53.